The van der Waals surface area contributed by atoms with Gasteiger partial charge in [-0.1, -0.05) is 23.7 Å². The fourth-order valence-electron chi connectivity index (χ4n) is 6.41. The van der Waals surface area contributed by atoms with Crippen LogP contribution >= 0.6 is 11.6 Å². The quantitative estimate of drug-likeness (QED) is 0.225. The molecular formula is C33H37ClFN5O3. The molecule has 2 aliphatic rings. The van der Waals surface area contributed by atoms with E-state index in [0.29, 0.717) is 35.0 Å². The number of aromatic carboxylic acids is 1. The third kappa shape index (κ3) is 6.84. The maximum Gasteiger partial charge on any atom is 0.335 e. The van der Waals surface area contributed by atoms with Gasteiger partial charge in [-0.2, -0.15) is 0 Å². The fourth-order valence-corrected chi connectivity index (χ4v) is 6.57. The van der Waals surface area contributed by atoms with E-state index in [1.54, 1.807) is 30.3 Å². The molecule has 0 aliphatic carbocycles. The lowest BCUT2D eigenvalue weighted by Crippen LogP contribution is -2.34. The Morgan fingerprint density at radius 2 is 1.91 bits per heavy atom. The molecular weight excluding hydrogens is 569 g/mol. The van der Waals surface area contributed by atoms with E-state index in [4.69, 9.17) is 26.3 Å². The van der Waals surface area contributed by atoms with Gasteiger partial charge < -0.3 is 19.3 Å². The van der Waals surface area contributed by atoms with Crippen molar-refractivity contribution >= 4 is 28.6 Å². The van der Waals surface area contributed by atoms with Crippen LogP contribution in [-0.2, 0) is 19.7 Å². The molecule has 2 saturated heterocycles. The second-order valence-corrected chi connectivity index (χ2v) is 12.2. The van der Waals surface area contributed by atoms with Gasteiger partial charge in [-0.05, 0) is 95.2 Å². The number of imidazole rings is 1. The Morgan fingerprint density at radius 1 is 1.07 bits per heavy atom. The molecule has 226 valence electrons. The van der Waals surface area contributed by atoms with Crippen LogP contribution in [0.1, 0.15) is 65.5 Å². The molecule has 43 heavy (non-hydrogen) atoms. The summed E-state index contributed by atoms with van der Waals surface area (Å²) in [4.78, 5) is 26.3. The van der Waals surface area contributed by atoms with Crippen molar-refractivity contribution < 1.29 is 19.0 Å². The van der Waals surface area contributed by atoms with Gasteiger partial charge in [-0.25, -0.2) is 19.2 Å². The molecule has 1 unspecified atom stereocenters. The minimum atomic E-state index is -0.922. The molecule has 0 spiro atoms. The first-order valence-corrected chi connectivity index (χ1v) is 15.4. The van der Waals surface area contributed by atoms with Crippen LogP contribution in [0, 0.1) is 5.82 Å². The van der Waals surface area contributed by atoms with Gasteiger partial charge in [0.15, 0.2) is 0 Å². The largest absolute Gasteiger partial charge is 0.478 e. The van der Waals surface area contributed by atoms with Gasteiger partial charge in [0.2, 0.25) is 5.88 Å². The summed E-state index contributed by atoms with van der Waals surface area (Å²) in [5.41, 5.74) is 3.45. The highest BCUT2D eigenvalue weighted by molar-refractivity contribution is 6.30. The molecule has 0 saturated carbocycles. The number of ether oxygens (including phenoxy) is 1. The number of halogens is 2. The summed E-state index contributed by atoms with van der Waals surface area (Å²) >= 11 is 5.86. The molecule has 2 aliphatic heterocycles. The zero-order valence-corrected chi connectivity index (χ0v) is 25.1. The number of carboxylic acid groups (broad SMARTS) is 1. The minimum Gasteiger partial charge on any atom is -0.478 e. The lowest BCUT2D eigenvalue weighted by molar-refractivity contribution is 0.0697. The van der Waals surface area contributed by atoms with Crippen molar-refractivity contribution in [2.45, 2.75) is 63.8 Å². The molecule has 1 N–H and O–H groups in total. The van der Waals surface area contributed by atoms with Crippen LogP contribution in [-0.4, -0.2) is 68.1 Å². The summed E-state index contributed by atoms with van der Waals surface area (Å²) in [6, 6.07) is 16.1. The zero-order valence-electron chi connectivity index (χ0n) is 24.4. The number of likely N-dealkylation sites (tertiary alicyclic amines) is 2. The van der Waals surface area contributed by atoms with Crippen LogP contribution in [0.5, 0.6) is 5.88 Å². The minimum absolute atomic E-state index is 0.0872. The Hall–Kier alpha value is -3.53. The molecule has 4 aromatic rings. The lowest BCUT2D eigenvalue weighted by atomic mass is 9.93. The van der Waals surface area contributed by atoms with Crippen molar-refractivity contribution in [1.29, 1.82) is 0 Å². The molecule has 2 aromatic heterocycles. The van der Waals surface area contributed by atoms with E-state index >= 15 is 0 Å². The molecule has 1 atom stereocenters. The Bertz CT molecular complexity index is 1600. The summed E-state index contributed by atoms with van der Waals surface area (Å²) in [6.45, 7) is 4.56. The molecule has 4 heterocycles. The average Bonchev–Trinajstić information content (AvgIpc) is 3.57. The third-order valence-corrected chi connectivity index (χ3v) is 9.17. The van der Waals surface area contributed by atoms with Gasteiger partial charge in [-0.15, -0.1) is 0 Å². The molecule has 0 bridgehead atoms. The van der Waals surface area contributed by atoms with Crippen LogP contribution in [0.15, 0.2) is 54.6 Å². The molecule has 2 fully saturated rings. The number of rotatable bonds is 10. The van der Waals surface area contributed by atoms with Gasteiger partial charge in [0, 0.05) is 40.9 Å². The maximum absolute atomic E-state index is 14.2. The predicted molar refractivity (Wildman–Crippen MR) is 164 cm³/mol. The standard InChI is InChI=1S/C33H37ClFN5O3/c1-38-14-3-4-26(38)13-17-40-30-18-23(33(41)42)8-10-29(30)36-31(40)20-39-15-11-22(12-16-39)28-5-2-6-32(37-28)43-21-24-7-9-25(34)19-27(24)35/h2,5-10,18-19,22,26H,3-4,11-17,20-21H2,1H3,(H,41,42). The molecule has 10 heteroatoms. The maximum atomic E-state index is 14.2. The highest BCUT2D eigenvalue weighted by Crippen LogP contribution is 2.30. The highest BCUT2D eigenvalue weighted by Gasteiger charge is 2.25. The van der Waals surface area contributed by atoms with Crippen molar-refractivity contribution in [3.05, 3.63) is 88.1 Å². The topological polar surface area (TPSA) is 83.7 Å². The predicted octanol–water partition coefficient (Wildman–Crippen LogP) is 6.36. The first kappa shape index (κ1) is 29.5. The number of hydrogen-bond acceptors (Lipinski definition) is 6. The number of aromatic nitrogens is 3. The Kier molecular flexibility index (Phi) is 8.93. The number of aryl methyl sites for hydroxylation is 1. The summed E-state index contributed by atoms with van der Waals surface area (Å²) in [7, 11) is 2.19. The van der Waals surface area contributed by atoms with Crippen LogP contribution in [0.3, 0.4) is 0 Å². The summed E-state index contributed by atoms with van der Waals surface area (Å²) in [6.07, 6.45) is 5.35. The van der Waals surface area contributed by atoms with Gasteiger partial charge in [0.05, 0.1) is 23.1 Å². The van der Waals surface area contributed by atoms with Crippen LogP contribution in [0.4, 0.5) is 4.39 Å². The van der Waals surface area contributed by atoms with E-state index in [0.717, 1.165) is 68.0 Å². The monoisotopic (exact) mass is 605 g/mol. The summed E-state index contributed by atoms with van der Waals surface area (Å²) < 4.78 is 22.2. The molecule has 6 rings (SSSR count). The number of carbonyl (C=O) groups is 1. The van der Waals surface area contributed by atoms with Crippen molar-refractivity contribution in [3.63, 3.8) is 0 Å². The Morgan fingerprint density at radius 3 is 2.65 bits per heavy atom. The normalized spacial score (nSPS) is 18.4. The first-order valence-electron chi connectivity index (χ1n) is 15.0. The first-order chi connectivity index (χ1) is 20.8. The van der Waals surface area contributed by atoms with Crippen LogP contribution in [0.25, 0.3) is 11.0 Å². The zero-order chi connectivity index (χ0) is 29.9. The SMILES string of the molecule is CN1CCCC1CCn1c(CN2CCC(c3cccc(OCc4ccc(Cl)cc4F)n3)CC2)nc2ccc(C(=O)O)cc21. The van der Waals surface area contributed by atoms with Crippen molar-refractivity contribution in [1.82, 2.24) is 24.3 Å². The summed E-state index contributed by atoms with van der Waals surface area (Å²) in [5.74, 6) is 0.463. The number of carboxylic acids is 1. The van der Waals surface area contributed by atoms with Gasteiger partial charge >= 0.3 is 5.97 Å². The average molecular weight is 606 g/mol. The number of pyridine rings is 1. The number of nitrogens with zero attached hydrogens (tertiary/aromatic N) is 5. The highest BCUT2D eigenvalue weighted by atomic mass is 35.5. The van der Waals surface area contributed by atoms with E-state index in [1.807, 2.05) is 18.2 Å². The van der Waals surface area contributed by atoms with Crippen LogP contribution in [0.2, 0.25) is 5.02 Å². The smallest absolute Gasteiger partial charge is 0.335 e. The second kappa shape index (κ2) is 13.0. The van der Waals surface area contributed by atoms with Crippen LogP contribution < -0.4 is 4.74 Å². The van der Waals surface area contributed by atoms with E-state index < -0.39 is 11.8 Å². The van der Waals surface area contributed by atoms with E-state index in [-0.39, 0.29) is 12.2 Å². The lowest BCUT2D eigenvalue weighted by Gasteiger charge is -2.31. The Labute approximate surface area is 256 Å². The number of hydrogen-bond donors (Lipinski definition) is 1. The number of benzene rings is 2. The number of piperidine rings is 1. The summed E-state index contributed by atoms with van der Waals surface area (Å²) in [5, 5.41) is 9.96. The molecule has 8 nitrogen and oxygen atoms in total. The van der Waals surface area contributed by atoms with Crippen molar-refractivity contribution in [2.75, 3.05) is 26.7 Å². The van der Waals surface area contributed by atoms with Gasteiger partial charge in [0.25, 0.3) is 0 Å². The molecule has 2 aromatic carbocycles. The van der Waals surface area contributed by atoms with Crippen molar-refractivity contribution in [2.24, 2.45) is 0 Å². The second-order valence-electron chi connectivity index (χ2n) is 11.7. The fraction of sp³-hybridized carbons (Fsp3) is 0.424. The molecule has 0 radical (unpaired) electrons. The Balaban J connectivity index is 1.11. The third-order valence-electron chi connectivity index (χ3n) is 8.94. The molecule has 0 amide bonds. The van der Waals surface area contributed by atoms with Crippen molar-refractivity contribution in [3.8, 4) is 5.88 Å². The van der Waals surface area contributed by atoms with Gasteiger partial charge in [0.1, 0.15) is 18.2 Å². The van der Waals surface area contributed by atoms with E-state index in [9.17, 15) is 14.3 Å². The van der Waals surface area contributed by atoms with E-state index in [2.05, 4.69) is 21.4 Å². The van der Waals surface area contributed by atoms with Gasteiger partial charge in [-0.3, -0.25) is 4.90 Å². The van der Waals surface area contributed by atoms with E-state index in [1.165, 1.54) is 18.9 Å². The number of fused-ring (bicyclic) bond motifs is 1.